The van der Waals surface area contributed by atoms with Crippen molar-refractivity contribution in [2.75, 3.05) is 19.7 Å². The number of hydrogen-bond acceptors (Lipinski definition) is 5. The van der Waals surface area contributed by atoms with Gasteiger partial charge in [-0.05, 0) is 61.3 Å². The average Bonchev–Trinajstić information content (AvgIpc) is 2.95. The predicted molar refractivity (Wildman–Crippen MR) is 157 cm³/mol. The largest absolute Gasteiger partial charge is 0.493 e. The first-order valence-electron chi connectivity index (χ1n) is 13.6. The van der Waals surface area contributed by atoms with Gasteiger partial charge in [-0.1, -0.05) is 72.1 Å². The van der Waals surface area contributed by atoms with Crippen LogP contribution in [0.1, 0.15) is 60.9 Å². The van der Waals surface area contributed by atoms with Gasteiger partial charge in [0, 0.05) is 24.9 Å². The molecule has 0 aromatic heterocycles. The minimum Gasteiger partial charge on any atom is -0.493 e. The zero-order chi connectivity index (χ0) is 28.1. The van der Waals surface area contributed by atoms with Gasteiger partial charge in [-0.25, -0.2) is 13.1 Å². The summed E-state index contributed by atoms with van der Waals surface area (Å²) in [7, 11) is -3.99. The monoisotopic (exact) mass is 601 g/mol. The SMILES string of the molecule is O=C(CC(NS(=O)(=O)c1ccc(Cl)c(Cl)c1)c1ccccc1)NC1CCOc2cc(CN3CCCCC3)ccc21. The van der Waals surface area contributed by atoms with Crippen molar-refractivity contribution in [1.29, 1.82) is 0 Å². The summed E-state index contributed by atoms with van der Waals surface area (Å²) in [6.45, 7) is 3.63. The maximum Gasteiger partial charge on any atom is 0.241 e. The molecule has 0 spiro atoms. The highest BCUT2D eigenvalue weighted by atomic mass is 35.5. The number of fused-ring (bicyclic) bond motifs is 1. The Morgan fingerprint density at radius 2 is 1.75 bits per heavy atom. The summed E-state index contributed by atoms with van der Waals surface area (Å²) in [6.07, 6.45) is 4.33. The Kier molecular flexibility index (Phi) is 9.33. The van der Waals surface area contributed by atoms with Crippen molar-refractivity contribution < 1.29 is 17.9 Å². The van der Waals surface area contributed by atoms with E-state index in [9.17, 15) is 13.2 Å². The number of piperidine rings is 1. The van der Waals surface area contributed by atoms with Crippen molar-refractivity contribution in [3.05, 3.63) is 93.5 Å². The quantitative estimate of drug-likeness (QED) is 0.313. The molecule has 0 bridgehead atoms. The van der Waals surface area contributed by atoms with E-state index < -0.39 is 16.1 Å². The van der Waals surface area contributed by atoms with Crippen LogP contribution in [0.25, 0.3) is 0 Å². The summed E-state index contributed by atoms with van der Waals surface area (Å²) in [5, 5.41) is 3.51. The smallest absolute Gasteiger partial charge is 0.241 e. The fraction of sp³-hybridized carbons (Fsp3) is 0.367. The van der Waals surface area contributed by atoms with Crippen molar-refractivity contribution >= 4 is 39.1 Å². The Bertz CT molecular complexity index is 1450. The highest BCUT2D eigenvalue weighted by Crippen LogP contribution is 2.34. The second-order valence-electron chi connectivity index (χ2n) is 10.3. The van der Waals surface area contributed by atoms with E-state index in [1.165, 1.54) is 43.0 Å². The Balaban J connectivity index is 1.29. The van der Waals surface area contributed by atoms with Crippen molar-refractivity contribution in [2.24, 2.45) is 0 Å². The van der Waals surface area contributed by atoms with E-state index in [0.717, 1.165) is 30.9 Å². The predicted octanol–water partition coefficient (Wildman–Crippen LogP) is 6.03. The molecule has 2 atom stereocenters. The number of nitrogens with zero attached hydrogens (tertiary/aromatic N) is 1. The number of halogens is 2. The molecule has 1 fully saturated rings. The van der Waals surface area contributed by atoms with E-state index in [1.54, 1.807) is 12.1 Å². The van der Waals surface area contributed by atoms with Crippen LogP contribution >= 0.6 is 23.2 Å². The molecule has 3 aromatic rings. The van der Waals surface area contributed by atoms with Crippen LogP contribution in [-0.2, 0) is 21.4 Å². The van der Waals surface area contributed by atoms with Crippen LogP contribution in [-0.4, -0.2) is 38.9 Å². The van der Waals surface area contributed by atoms with E-state index >= 15 is 0 Å². The van der Waals surface area contributed by atoms with E-state index in [2.05, 4.69) is 27.1 Å². The maximum absolute atomic E-state index is 13.3. The number of rotatable bonds is 9. The zero-order valence-electron chi connectivity index (χ0n) is 22.1. The number of benzene rings is 3. The molecule has 5 rings (SSSR count). The number of nitrogens with one attached hydrogen (secondary N) is 2. The van der Waals surface area contributed by atoms with Crippen LogP contribution in [0.3, 0.4) is 0 Å². The third-order valence-corrected chi connectivity index (χ3v) is 9.61. The van der Waals surface area contributed by atoms with Crippen LogP contribution in [0.15, 0.2) is 71.6 Å². The molecular weight excluding hydrogens is 569 g/mol. The van der Waals surface area contributed by atoms with E-state index in [0.29, 0.717) is 18.6 Å². The average molecular weight is 603 g/mol. The van der Waals surface area contributed by atoms with Gasteiger partial charge in [0.1, 0.15) is 5.75 Å². The minimum atomic E-state index is -3.99. The molecule has 10 heteroatoms. The van der Waals surface area contributed by atoms with Gasteiger partial charge in [-0.3, -0.25) is 9.69 Å². The summed E-state index contributed by atoms with van der Waals surface area (Å²) in [6, 6.07) is 18.4. The molecule has 0 radical (unpaired) electrons. The molecule has 0 aliphatic carbocycles. The first kappa shape index (κ1) is 28.9. The van der Waals surface area contributed by atoms with Crippen LogP contribution < -0.4 is 14.8 Å². The molecule has 0 saturated carbocycles. The molecular formula is C30H33Cl2N3O4S. The highest BCUT2D eigenvalue weighted by molar-refractivity contribution is 7.89. The number of likely N-dealkylation sites (tertiary alicyclic amines) is 1. The van der Waals surface area contributed by atoms with Gasteiger partial charge in [0.25, 0.3) is 0 Å². The summed E-state index contributed by atoms with van der Waals surface area (Å²) in [4.78, 5) is 15.8. The van der Waals surface area contributed by atoms with Crippen molar-refractivity contribution in [1.82, 2.24) is 14.9 Å². The molecule has 2 heterocycles. The molecule has 40 heavy (non-hydrogen) atoms. The van der Waals surface area contributed by atoms with Crippen molar-refractivity contribution in [3.8, 4) is 5.75 Å². The standard InChI is InChI=1S/C30H33Cl2N3O4S/c31-25-12-10-23(18-26(25)32)40(37,38)34-28(22-7-3-1-4-8-22)19-30(36)33-27-13-16-39-29-17-21(9-11-24(27)29)20-35-14-5-2-6-15-35/h1,3-4,7-12,17-18,27-28,34H,2,5-6,13-16,19-20H2,(H,33,36). The van der Waals surface area contributed by atoms with Gasteiger partial charge in [-0.15, -0.1) is 0 Å². The summed E-state index contributed by atoms with van der Waals surface area (Å²) in [5.41, 5.74) is 2.82. The fourth-order valence-corrected chi connectivity index (χ4v) is 6.92. The molecule has 2 N–H and O–H groups in total. The van der Waals surface area contributed by atoms with Gasteiger partial charge in [0.05, 0.1) is 33.6 Å². The minimum absolute atomic E-state index is 0.0260. The van der Waals surface area contributed by atoms with Gasteiger partial charge < -0.3 is 10.1 Å². The van der Waals surface area contributed by atoms with Crippen LogP contribution in [0.5, 0.6) is 5.75 Å². The molecule has 3 aromatic carbocycles. The number of carbonyl (C=O) groups excluding carboxylic acids is 1. The van der Waals surface area contributed by atoms with E-state index in [4.69, 9.17) is 27.9 Å². The fourth-order valence-electron chi connectivity index (χ4n) is 5.31. The third kappa shape index (κ3) is 7.17. The Hall–Kier alpha value is -2.62. The lowest BCUT2D eigenvalue weighted by Gasteiger charge is -2.29. The Morgan fingerprint density at radius 1 is 0.975 bits per heavy atom. The number of ether oxygens (including phenoxy) is 1. The van der Waals surface area contributed by atoms with Crippen LogP contribution in [0, 0.1) is 0 Å². The number of amides is 1. The lowest BCUT2D eigenvalue weighted by atomic mass is 9.97. The van der Waals surface area contributed by atoms with E-state index in [-0.39, 0.29) is 33.3 Å². The summed E-state index contributed by atoms with van der Waals surface area (Å²) in [5.74, 6) is 0.534. The molecule has 2 aliphatic heterocycles. The summed E-state index contributed by atoms with van der Waals surface area (Å²) < 4.78 is 35.1. The Morgan fingerprint density at radius 3 is 2.50 bits per heavy atom. The lowest BCUT2D eigenvalue weighted by molar-refractivity contribution is -0.122. The van der Waals surface area contributed by atoms with Gasteiger partial charge in [0.15, 0.2) is 0 Å². The molecule has 212 valence electrons. The normalized spacial score (nSPS) is 18.4. The second kappa shape index (κ2) is 12.9. The molecule has 2 unspecified atom stereocenters. The molecule has 1 saturated heterocycles. The topological polar surface area (TPSA) is 87.7 Å². The molecule has 2 aliphatic rings. The maximum atomic E-state index is 13.3. The van der Waals surface area contributed by atoms with Crippen LogP contribution in [0.4, 0.5) is 0 Å². The third-order valence-electron chi connectivity index (χ3n) is 7.40. The van der Waals surface area contributed by atoms with Crippen molar-refractivity contribution in [2.45, 2.75) is 55.6 Å². The Labute approximate surface area is 245 Å². The van der Waals surface area contributed by atoms with Gasteiger partial charge in [0.2, 0.25) is 15.9 Å². The van der Waals surface area contributed by atoms with Gasteiger partial charge in [-0.2, -0.15) is 0 Å². The number of carbonyl (C=O) groups is 1. The molecule has 7 nitrogen and oxygen atoms in total. The second-order valence-corrected chi connectivity index (χ2v) is 12.9. The highest BCUT2D eigenvalue weighted by Gasteiger charge is 2.28. The zero-order valence-corrected chi connectivity index (χ0v) is 24.4. The number of sulfonamides is 1. The van der Waals surface area contributed by atoms with Crippen molar-refractivity contribution in [3.63, 3.8) is 0 Å². The summed E-state index contributed by atoms with van der Waals surface area (Å²) >= 11 is 12.0. The van der Waals surface area contributed by atoms with E-state index in [1.807, 2.05) is 24.3 Å². The van der Waals surface area contributed by atoms with Crippen LogP contribution in [0.2, 0.25) is 10.0 Å². The lowest BCUT2D eigenvalue weighted by Crippen LogP contribution is -2.36. The number of hydrogen-bond donors (Lipinski definition) is 2. The first-order chi connectivity index (χ1) is 19.3. The first-order valence-corrected chi connectivity index (χ1v) is 15.8. The molecule has 1 amide bonds. The van der Waals surface area contributed by atoms with Gasteiger partial charge >= 0.3 is 0 Å².